The third kappa shape index (κ3) is 2.87. The second kappa shape index (κ2) is 5.55. The molecule has 2 rings (SSSR count). The predicted octanol–water partition coefficient (Wildman–Crippen LogP) is 2.87. The van der Waals surface area contributed by atoms with Crippen molar-refractivity contribution in [2.75, 3.05) is 24.3 Å². The zero-order valence-electron chi connectivity index (χ0n) is 10.9. The Morgan fingerprint density at radius 2 is 2.15 bits per heavy atom. The average Bonchev–Trinajstić information content (AvgIpc) is 2.89. The van der Waals surface area contributed by atoms with Gasteiger partial charge < -0.3 is 10.6 Å². The lowest BCUT2D eigenvalue weighted by molar-refractivity contribution is -0.136. The molecule has 1 aromatic rings. The second-order valence-electron chi connectivity index (χ2n) is 4.70. The highest BCUT2D eigenvalue weighted by Crippen LogP contribution is 2.35. The lowest BCUT2D eigenvalue weighted by atomic mass is 10.0. The van der Waals surface area contributed by atoms with E-state index in [-0.39, 0.29) is 11.6 Å². The number of rotatable bonds is 2. The fourth-order valence-electron chi connectivity index (χ4n) is 2.18. The van der Waals surface area contributed by atoms with Crippen molar-refractivity contribution in [2.45, 2.75) is 18.6 Å². The fourth-order valence-corrected chi connectivity index (χ4v) is 3.45. The van der Waals surface area contributed by atoms with Crippen molar-refractivity contribution in [2.24, 2.45) is 0 Å². The Hall–Kier alpha value is -1.37. The Balaban J connectivity index is 2.30. The van der Waals surface area contributed by atoms with Crippen LogP contribution >= 0.6 is 11.8 Å². The van der Waals surface area contributed by atoms with Gasteiger partial charge in [-0.05, 0) is 24.3 Å². The smallest absolute Gasteiger partial charge is 0.398 e. The van der Waals surface area contributed by atoms with E-state index in [0.29, 0.717) is 0 Å². The number of hydrogen-bond acceptors (Lipinski definition) is 3. The van der Waals surface area contributed by atoms with Crippen LogP contribution < -0.4 is 5.73 Å². The summed E-state index contributed by atoms with van der Waals surface area (Å²) in [6.07, 6.45) is -3.70. The molecule has 0 saturated carbocycles. The molecular weight excluding hydrogens is 289 g/mol. The van der Waals surface area contributed by atoms with Crippen LogP contribution in [0.4, 0.5) is 18.9 Å². The summed E-state index contributed by atoms with van der Waals surface area (Å²) >= 11 is 1.73. The molecule has 20 heavy (non-hydrogen) atoms. The maximum Gasteiger partial charge on any atom is 0.418 e. The van der Waals surface area contributed by atoms with Crippen LogP contribution in [0.25, 0.3) is 0 Å². The summed E-state index contributed by atoms with van der Waals surface area (Å²) in [4.78, 5) is 13.8. The SMILES string of the molecule is CN(C(=O)c1cccc(C(F)(F)F)c1N)C1CCSC1. The van der Waals surface area contributed by atoms with Crippen molar-refractivity contribution < 1.29 is 18.0 Å². The van der Waals surface area contributed by atoms with Gasteiger partial charge in [0, 0.05) is 18.8 Å². The molecule has 1 aliphatic heterocycles. The van der Waals surface area contributed by atoms with Gasteiger partial charge in [0.15, 0.2) is 0 Å². The van der Waals surface area contributed by atoms with Crippen molar-refractivity contribution >= 4 is 23.4 Å². The standard InChI is InChI=1S/C13H15F3N2OS/c1-18(8-5-6-20-7-8)12(19)9-3-2-4-10(11(9)17)13(14,15)16/h2-4,8H,5-7,17H2,1H3. The van der Waals surface area contributed by atoms with Gasteiger partial charge in [-0.25, -0.2) is 0 Å². The molecule has 1 fully saturated rings. The number of nitrogens with zero attached hydrogens (tertiary/aromatic N) is 1. The minimum Gasteiger partial charge on any atom is -0.398 e. The number of anilines is 1. The van der Waals surface area contributed by atoms with E-state index in [1.165, 1.54) is 17.0 Å². The Morgan fingerprint density at radius 1 is 1.45 bits per heavy atom. The first-order valence-corrected chi connectivity index (χ1v) is 7.28. The first-order valence-electron chi connectivity index (χ1n) is 6.13. The van der Waals surface area contributed by atoms with Crippen LogP contribution in [0.1, 0.15) is 22.3 Å². The molecule has 0 bridgehead atoms. The number of thioether (sulfide) groups is 1. The number of halogens is 3. The molecule has 1 amide bonds. The Kier molecular flexibility index (Phi) is 4.17. The molecule has 1 aromatic carbocycles. The third-order valence-corrected chi connectivity index (χ3v) is 4.56. The van der Waals surface area contributed by atoms with Gasteiger partial charge in [-0.3, -0.25) is 4.79 Å². The monoisotopic (exact) mass is 304 g/mol. The quantitative estimate of drug-likeness (QED) is 0.855. The largest absolute Gasteiger partial charge is 0.418 e. The number of benzene rings is 1. The molecule has 2 N–H and O–H groups in total. The lowest BCUT2D eigenvalue weighted by Crippen LogP contribution is -2.37. The molecule has 0 radical (unpaired) electrons. The van der Waals surface area contributed by atoms with E-state index in [2.05, 4.69) is 0 Å². The van der Waals surface area contributed by atoms with Gasteiger partial charge in [0.2, 0.25) is 0 Å². The van der Waals surface area contributed by atoms with Crippen LogP contribution in [-0.2, 0) is 6.18 Å². The zero-order chi connectivity index (χ0) is 14.9. The first kappa shape index (κ1) is 15.0. The fraction of sp³-hybridized carbons (Fsp3) is 0.462. The van der Waals surface area contributed by atoms with Crippen LogP contribution in [0, 0.1) is 0 Å². The molecule has 1 saturated heterocycles. The van der Waals surface area contributed by atoms with Gasteiger partial charge in [0.1, 0.15) is 0 Å². The number of alkyl halides is 3. The molecule has 0 spiro atoms. The zero-order valence-corrected chi connectivity index (χ0v) is 11.7. The minimum atomic E-state index is -4.55. The van der Waals surface area contributed by atoms with E-state index in [9.17, 15) is 18.0 Å². The van der Waals surface area contributed by atoms with Crippen molar-refractivity contribution in [1.82, 2.24) is 4.90 Å². The number of carbonyl (C=O) groups is 1. The number of carbonyl (C=O) groups excluding carboxylic acids is 1. The summed E-state index contributed by atoms with van der Waals surface area (Å²) in [5, 5.41) is 0. The number of nitrogen functional groups attached to an aromatic ring is 1. The van der Waals surface area contributed by atoms with Crippen LogP contribution in [0.15, 0.2) is 18.2 Å². The topological polar surface area (TPSA) is 46.3 Å². The van der Waals surface area contributed by atoms with E-state index in [1.807, 2.05) is 0 Å². The summed E-state index contributed by atoms with van der Waals surface area (Å²) in [5.74, 6) is 1.31. The Labute approximate surface area is 119 Å². The van der Waals surface area contributed by atoms with E-state index >= 15 is 0 Å². The highest BCUT2D eigenvalue weighted by atomic mass is 32.2. The van der Waals surface area contributed by atoms with Gasteiger partial charge in [-0.2, -0.15) is 24.9 Å². The minimum absolute atomic E-state index is 0.0569. The Morgan fingerprint density at radius 3 is 2.70 bits per heavy atom. The van der Waals surface area contributed by atoms with Crippen molar-refractivity contribution in [3.63, 3.8) is 0 Å². The second-order valence-corrected chi connectivity index (χ2v) is 5.85. The summed E-state index contributed by atoms with van der Waals surface area (Å²) in [6.45, 7) is 0. The summed E-state index contributed by atoms with van der Waals surface area (Å²) in [6, 6.07) is 3.49. The van der Waals surface area contributed by atoms with E-state index in [4.69, 9.17) is 5.73 Å². The van der Waals surface area contributed by atoms with E-state index in [1.54, 1.807) is 18.8 Å². The average molecular weight is 304 g/mol. The van der Waals surface area contributed by atoms with Crippen LogP contribution in [-0.4, -0.2) is 35.4 Å². The number of hydrogen-bond donors (Lipinski definition) is 1. The molecule has 1 aliphatic rings. The van der Waals surface area contributed by atoms with Gasteiger partial charge in [0.25, 0.3) is 5.91 Å². The molecule has 0 aliphatic carbocycles. The highest BCUT2D eigenvalue weighted by Gasteiger charge is 2.35. The predicted molar refractivity (Wildman–Crippen MR) is 73.7 cm³/mol. The Bertz CT molecular complexity index is 513. The van der Waals surface area contributed by atoms with Crippen molar-refractivity contribution in [1.29, 1.82) is 0 Å². The summed E-state index contributed by atoms with van der Waals surface area (Å²) in [5.41, 5.74) is 3.99. The van der Waals surface area contributed by atoms with Gasteiger partial charge in [-0.1, -0.05) is 6.07 Å². The maximum absolute atomic E-state index is 12.8. The highest BCUT2D eigenvalue weighted by molar-refractivity contribution is 7.99. The lowest BCUT2D eigenvalue weighted by Gasteiger charge is -2.25. The molecular formula is C13H15F3N2OS. The molecule has 1 atom stereocenters. The van der Waals surface area contributed by atoms with Crippen LogP contribution in [0.5, 0.6) is 0 Å². The number of para-hydroxylation sites is 1. The molecule has 0 aromatic heterocycles. The van der Waals surface area contributed by atoms with Crippen molar-refractivity contribution in [3.8, 4) is 0 Å². The molecule has 110 valence electrons. The number of nitrogens with two attached hydrogens (primary N) is 1. The van der Waals surface area contributed by atoms with E-state index in [0.717, 1.165) is 24.0 Å². The molecule has 1 unspecified atom stereocenters. The van der Waals surface area contributed by atoms with Crippen LogP contribution in [0.3, 0.4) is 0 Å². The third-order valence-electron chi connectivity index (χ3n) is 3.42. The maximum atomic E-state index is 12.8. The van der Waals surface area contributed by atoms with E-state index < -0.39 is 23.3 Å². The van der Waals surface area contributed by atoms with Crippen molar-refractivity contribution in [3.05, 3.63) is 29.3 Å². The van der Waals surface area contributed by atoms with Gasteiger partial charge in [-0.15, -0.1) is 0 Å². The summed E-state index contributed by atoms with van der Waals surface area (Å²) < 4.78 is 38.4. The van der Waals surface area contributed by atoms with Gasteiger partial charge >= 0.3 is 6.18 Å². The number of amides is 1. The van der Waals surface area contributed by atoms with Crippen LogP contribution in [0.2, 0.25) is 0 Å². The molecule has 7 heteroatoms. The molecule has 1 heterocycles. The van der Waals surface area contributed by atoms with Gasteiger partial charge in [0.05, 0.1) is 16.8 Å². The molecule has 3 nitrogen and oxygen atoms in total. The first-order chi connectivity index (χ1) is 9.32. The normalized spacial score (nSPS) is 19.1. The summed E-state index contributed by atoms with van der Waals surface area (Å²) in [7, 11) is 1.61.